The molecule has 1 aliphatic rings. The number of hydrogen-bond donors (Lipinski definition) is 1. The lowest BCUT2D eigenvalue weighted by molar-refractivity contribution is 0.0717. The van der Waals surface area contributed by atoms with Crippen molar-refractivity contribution in [1.82, 2.24) is 24.6 Å². The van der Waals surface area contributed by atoms with E-state index in [1.807, 2.05) is 18.0 Å². The normalized spacial score (nSPS) is 19.4. The molecule has 2 aromatic rings. The van der Waals surface area contributed by atoms with E-state index in [4.69, 9.17) is 0 Å². The van der Waals surface area contributed by atoms with E-state index >= 15 is 0 Å². The van der Waals surface area contributed by atoms with Crippen LogP contribution in [0.4, 0.5) is 0 Å². The Labute approximate surface area is 105 Å². The highest BCUT2D eigenvalue weighted by atomic mass is 16.2. The zero-order chi connectivity index (χ0) is 12.5. The van der Waals surface area contributed by atoms with Crippen molar-refractivity contribution >= 4 is 5.91 Å². The number of rotatable bonds is 2. The molecule has 0 aromatic carbocycles. The summed E-state index contributed by atoms with van der Waals surface area (Å²) in [5.41, 5.74) is 0.995. The average molecular weight is 245 g/mol. The Morgan fingerprint density at radius 2 is 2.39 bits per heavy atom. The van der Waals surface area contributed by atoms with Crippen LogP contribution in [-0.4, -0.2) is 37.1 Å². The number of aromatic amines is 1. The molecule has 0 aliphatic carbocycles. The average Bonchev–Trinajstić information content (AvgIpc) is 3.09. The Kier molecular flexibility index (Phi) is 2.62. The van der Waals surface area contributed by atoms with E-state index < -0.39 is 0 Å². The van der Waals surface area contributed by atoms with Gasteiger partial charge in [0.1, 0.15) is 0 Å². The smallest absolute Gasteiger partial charge is 0.290 e. The summed E-state index contributed by atoms with van der Waals surface area (Å²) < 4.78 is 1.75. The Balaban J connectivity index is 1.88. The van der Waals surface area contributed by atoms with Gasteiger partial charge in [0.2, 0.25) is 0 Å². The van der Waals surface area contributed by atoms with Gasteiger partial charge in [0.05, 0.1) is 11.7 Å². The lowest BCUT2D eigenvalue weighted by atomic mass is 10.1. The molecule has 0 saturated carbocycles. The van der Waals surface area contributed by atoms with Gasteiger partial charge in [-0.1, -0.05) is 0 Å². The Morgan fingerprint density at radius 1 is 1.50 bits per heavy atom. The fourth-order valence-corrected chi connectivity index (χ4v) is 2.49. The number of aromatic nitrogens is 4. The summed E-state index contributed by atoms with van der Waals surface area (Å²) in [5, 5.41) is 6.91. The number of H-pyrrole nitrogens is 1. The molecule has 0 spiro atoms. The number of imidazole rings is 1. The van der Waals surface area contributed by atoms with Crippen molar-refractivity contribution in [2.45, 2.75) is 18.9 Å². The molecule has 0 radical (unpaired) electrons. The molecule has 1 saturated heterocycles. The van der Waals surface area contributed by atoms with Gasteiger partial charge in [-0.3, -0.25) is 9.89 Å². The molecule has 94 valence electrons. The number of nitrogens with one attached hydrogen (secondary N) is 1. The van der Waals surface area contributed by atoms with Crippen LogP contribution in [0.15, 0.2) is 24.7 Å². The van der Waals surface area contributed by atoms with Gasteiger partial charge in [0.25, 0.3) is 5.91 Å². The maximum Gasteiger partial charge on any atom is 0.290 e. The largest absolute Gasteiger partial charge is 0.330 e. The van der Waals surface area contributed by atoms with Gasteiger partial charge in [-0.15, -0.1) is 0 Å². The molecule has 2 aromatic heterocycles. The van der Waals surface area contributed by atoms with Gasteiger partial charge in [-0.25, -0.2) is 4.98 Å². The first-order chi connectivity index (χ1) is 8.77. The summed E-state index contributed by atoms with van der Waals surface area (Å²) in [7, 11) is 1.83. The van der Waals surface area contributed by atoms with Crippen LogP contribution in [0.25, 0.3) is 0 Å². The van der Waals surface area contributed by atoms with Gasteiger partial charge in [0.15, 0.2) is 5.82 Å². The van der Waals surface area contributed by atoms with E-state index in [1.54, 1.807) is 23.2 Å². The minimum atomic E-state index is -0.0143. The van der Waals surface area contributed by atoms with Crippen molar-refractivity contribution in [2.24, 2.45) is 7.05 Å². The second-order valence-electron chi connectivity index (χ2n) is 4.53. The Bertz CT molecular complexity index is 545. The summed E-state index contributed by atoms with van der Waals surface area (Å²) >= 11 is 0. The molecule has 3 heterocycles. The van der Waals surface area contributed by atoms with E-state index in [0.717, 1.165) is 25.1 Å². The quantitative estimate of drug-likeness (QED) is 0.862. The van der Waals surface area contributed by atoms with Crippen LogP contribution in [0.3, 0.4) is 0 Å². The van der Waals surface area contributed by atoms with Crippen molar-refractivity contribution in [3.8, 4) is 0 Å². The van der Waals surface area contributed by atoms with Crippen LogP contribution in [0.1, 0.15) is 35.2 Å². The fourth-order valence-electron chi connectivity index (χ4n) is 2.49. The molecule has 6 heteroatoms. The standard InChI is InChI=1S/C12H15N5O/c1-16-8-6-13-11(16)12(18)17-7-2-3-10(17)9-4-5-14-15-9/h4-6,8,10H,2-3,7H2,1H3,(H,14,15)/t10-/m0/s1. The number of nitrogens with zero attached hydrogens (tertiary/aromatic N) is 4. The van der Waals surface area contributed by atoms with Crippen LogP contribution in [0.5, 0.6) is 0 Å². The van der Waals surface area contributed by atoms with Gasteiger partial charge >= 0.3 is 0 Å². The molecular weight excluding hydrogens is 230 g/mol. The highest BCUT2D eigenvalue weighted by Crippen LogP contribution is 2.31. The summed E-state index contributed by atoms with van der Waals surface area (Å²) in [6.07, 6.45) is 7.14. The maximum atomic E-state index is 12.4. The van der Waals surface area contributed by atoms with E-state index in [-0.39, 0.29) is 11.9 Å². The number of likely N-dealkylation sites (tertiary alicyclic amines) is 1. The van der Waals surface area contributed by atoms with Gasteiger partial charge < -0.3 is 9.47 Å². The molecule has 0 bridgehead atoms. The molecule has 1 fully saturated rings. The number of amides is 1. The second-order valence-corrected chi connectivity index (χ2v) is 4.53. The molecule has 0 unspecified atom stereocenters. The third kappa shape index (κ3) is 1.70. The van der Waals surface area contributed by atoms with E-state index in [9.17, 15) is 4.79 Å². The number of aryl methyl sites for hydroxylation is 1. The Hall–Kier alpha value is -2.11. The zero-order valence-corrected chi connectivity index (χ0v) is 10.2. The first-order valence-corrected chi connectivity index (χ1v) is 6.05. The van der Waals surface area contributed by atoms with Crippen LogP contribution >= 0.6 is 0 Å². The molecule has 1 amide bonds. The summed E-state index contributed by atoms with van der Waals surface area (Å²) in [6.45, 7) is 0.773. The lowest BCUT2D eigenvalue weighted by Crippen LogP contribution is -2.32. The van der Waals surface area contributed by atoms with Crippen molar-refractivity contribution < 1.29 is 4.79 Å². The predicted molar refractivity (Wildman–Crippen MR) is 64.8 cm³/mol. The van der Waals surface area contributed by atoms with E-state index in [0.29, 0.717) is 5.82 Å². The number of hydrogen-bond acceptors (Lipinski definition) is 3. The monoisotopic (exact) mass is 245 g/mol. The molecule has 3 rings (SSSR count). The van der Waals surface area contributed by atoms with Crippen molar-refractivity contribution in [1.29, 1.82) is 0 Å². The zero-order valence-electron chi connectivity index (χ0n) is 10.2. The lowest BCUT2D eigenvalue weighted by Gasteiger charge is -2.23. The number of carbonyl (C=O) groups is 1. The minimum absolute atomic E-state index is 0.0143. The SMILES string of the molecule is Cn1ccnc1C(=O)N1CCC[C@H]1c1ccn[nH]1. The van der Waals surface area contributed by atoms with Gasteiger partial charge in [-0.2, -0.15) is 5.10 Å². The molecule has 1 N–H and O–H groups in total. The third-order valence-corrected chi connectivity index (χ3v) is 3.41. The van der Waals surface area contributed by atoms with Crippen LogP contribution in [-0.2, 0) is 7.05 Å². The first kappa shape index (κ1) is 11.0. The topological polar surface area (TPSA) is 66.8 Å². The summed E-state index contributed by atoms with van der Waals surface area (Å²) in [5.74, 6) is 0.473. The van der Waals surface area contributed by atoms with Crippen LogP contribution in [0, 0.1) is 0 Å². The predicted octanol–water partition coefficient (Wildman–Crippen LogP) is 1.12. The fraction of sp³-hybridized carbons (Fsp3) is 0.417. The second kappa shape index (κ2) is 4.29. The maximum absolute atomic E-state index is 12.4. The van der Waals surface area contributed by atoms with Crippen molar-refractivity contribution in [3.63, 3.8) is 0 Å². The molecule has 18 heavy (non-hydrogen) atoms. The molecule has 1 atom stereocenters. The Morgan fingerprint density at radius 3 is 3.06 bits per heavy atom. The van der Waals surface area contributed by atoms with Gasteiger partial charge in [0, 0.05) is 32.2 Å². The van der Waals surface area contributed by atoms with Crippen LogP contribution < -0.4 is 0 Å². The molecular formula is C12H15N5O. The highest BCUT2D eigenvalue weighted by molar-refractivity contribution is 5.91. The van der Waals surface area contributed by atoms with E-state index in [2.05, 4.69) is 15.2 Å². The van der Waals surface area contributed by atoms with Crippen LogP contribution in [0.2, 0.25) is 0 Å². The highest BCUT2D eigenvalue weighted by Gasteiger charge is 2.32. The number of carbonyl (C=O) groups excluding carboxylic acids is 1. The van der Waals surface area contributed by atoms with E-state index in [1.165, 1.54) is 0 Å². The summed E-state index contributed by atoms with van der Waals surface area (Å²) in [6, 6.07) is 2.02. The van der Waals surface area contributed by atoms with Crippen molar-refractivity contribution in [2.75, 3.05) is 6.54 Å². The first-order valence-electron chi connectivity index (χ1n) is 6.05. The van der Waals surface area contributed by atoms with Gasteiger partial charge in [-0.05, 0) is 18.9 Å². The molecule has 1 aliphatic heterocycles. The molecule has 6 nitrogen and oxygen atoms in total. The summed E-state index contributed by atoms with van der Waals surface area (Å²) in [4.78, 5) is 18.4. The minimum Gasteiger partial charge on any atom is -0.330 e. The third-order valence-electron chi connectivity index (χ3n) is 3.41. The van der Waals surface area contributed by atoms with Crippen molar-refractivity contribution in [3.05, 3.63) is 36.2 Å².